The molecule has 106 valence electrons. The lowest BCUT2D eigenvalue weighted by atomic mass is 10.0. The zero-order valence-corrected chi connectivity index (χ0v) is 12.0. The molecule has 0 radical (unpaired) electrons. The van der Waals surface area contributed by atoms with E-state index in [1.807, 2.05) is 6.92 Å². The average molecular weight is 308 g/mol. The van der Waals surface area contributed by atoms with Crippen LogP contribution in [-0.2, 0) is 10.0 Å². The molecule has 2 rings (SSSR count). The second-order valence-electron chi connectivity index (χ2n) is 4.71. The van der Waals surface area contributed by atoms with Gasteiger partial charge in [-0.05, 0) is 30.5 Å². The van der Waals surface area contributed by atoms with Crippen molar-refractivity contribution in [3.63, 3.8) is 0 Å². The highest BCUT2D eigenvalue weighted by atomic mass is 35.5. The first kappa shape index (κ1) is 14.7. The Bertz CT molecular complexity index is 578. The molecule has 0 saturated carbocycles. The molecule has 1 aromatic carbocycles. The molecule has 19 heavy (non-hydrogen) atoms. The second-order valence-corrected chi connectivity index (χ2v) is 7.01. The van der Waals surface area contributed by atoms with Crippen LogP contribution >= 0.6 is 11.6 Å². The Balaban J connectivity index is 2.39. The lowest BCUT2D eigenvalue weighted by Crippen LogP contribution is -2.39. The van der Waals surface area contributed by atoms with Crippen molar-refractivity contribution in [3.8, 4) is 0 Å². The van der Waals surface area contributed by atoms with Crippen LogP contribution in [0.4, 0.5) is 4.39 Å². The fourth-order valence-electron chi connectivity index (χ4n) is 2.32. The van der Waals surface area contributed by atoms with Crippen molar-refractivity contribution in [2.24, 2.45) is 5.92 Å². The molecule has 0 bridgehead atoms. The van der Waals surface area contributed by atoms with Gasteiger partial charge in [-0.3, -0.25) is 0 Å². The third kappa shape index (κ3) is 2.63. The summed E-state index contributed by atoms with van der Waals surface area (Å²) < 4.78 is 39.2. The first-order valence-electron chi connectivity index (χ1n) is 5.95. The summed E-state index contributed by atoms with van der Waals surface area (Å²) in [7, 11) is -3.75. The van der Waals surface area contributed by atoms with Crippen molar-refractivity contribution in [1.29, 1.82) is 0 Å². The van der Waals surface area contributed by atoms with Crippen molar-refractivity contribution in [1.82, 2.24) is 4.31 Å². The SMILES string of the molecule is CC1CCN(S(=O)(=O)c2ccc(F)c(Cl)c2)C1CO. The molecule has 1 heterocycles. The van der Waals surface area contributed by atoms with Crippen molar-refractivity contribution >= 4 is 21.6 Å². The van der Waals surface area contributed by atoms with Crippen LogP contribution in [0.15, 0.2) is 23.1 Å². The predicted octanol–water partition coefficient (Wildman–Crippen LogP) is 1.87. The fraction of sp³-hybridized carbons (Fsp3) is 0.500. The summed E-state index contributed by atoms with van der Waals surface area (Å²) >= 11 is 5.62. The smallest absolute Gasteiger partial charge is 0.243 e. The number of hydrogen-bond acceptors (Lipinski definition) is 3. The van der Waals surface area contributed by atoms with E-state index in [4.69, 9.17) is 11.6 Å². The third-order valence-corrected chi connectivity index (χ3v) is 5.73. The molecule has 0 amide bonds. The molecule has 0 aromatic heterocycles. The van der Waals surface area contributed by atoms with Gasteiger partial charge in [-0.2, -0.15) is 4.31 Å². The minimum atomic E-state index is -3.75. The van der Waals surface area contributed by atoms with Crippen LogP contribution in [0.1, 0.15) is 13.3 Å². The van der Waals surface area contributed by atoms with E-state index in [0.717, 1.165) is 12.1 Å². The Kier molecular flexibility index (Phi) is 4.15. The molecule has 1 aliphatic rings. The number of halogens is 2. The maximum Gasteiger partial charge on any atom is 0.243 e. The summed E-state index contributed by atoms with van der Waals surface area (Å²) in [6.45, 7) is 2.02. The Morgan fingerprint density at radius 3 is 2.79 bits per heavy atom. The minimum Gasteiger partial charge on any atom is -0.395 e. The summed E-state index contributed by atoms with van der Waals surface area (Å²) in [6, 6.07) is 2.88. The van der Waals surface area contributed by atoms with Crippen LogP contribution in [0, 0.1) is 11.7 Å². The lowest BCUT2D eigenvalue weighted by molar-refractivity contribution is 0.191. The van der Waals surface area contributed by atoms with Crippen LogP contribution in [0.3, 0.4) is 0 Å². The van der Waals surface area contributed by atoms with E-state index in [0.29, 0.717) is 13.0 Å². The Morgan fingerprint density at radius 2 is 2.21 bits per heavy atom. The summed E-state index contributed by atoms with van der Waals surface area (Å²) in [4.78, 5) is -0.0496. The van der Waals surface area contributed by atoms with Gasteiger partial charge >= 0.3 is 0 Å². The van der Waals surface area contributed by atoms with Crippen molar-refractivity contribution in [2.75, 3.05) is 13.2 Å². The molecule has 2 atom stereocenters. The topological polar surface area (TPSA) is 57.6 Å². The molecule has 1 aliphatic heterocycles. The number of hydrogen-bond donors (Lipinski definition) is 1. The molecule has 7 heteroatoms. The Morgan fingerprint density at radius 1 is 1.53 bits per heavy atom. The predicted molar refractivity (Wildman–Crippen MR) is 70.0 cm³/mol. The number of sulfonamides is 1. The van der Waals surface area contributed by atoms with Gasteiger partial charge in [-0.1, -0.05) is 18.5 Å². The van der Waals surface area contributed by atoms with Crippen LogP contribution in [0.2, 0.25) is 5.02 Å². The van der Waals surface area contributed by atoms with Gasteiger partial charge in [0.15, 0.2) is 0 Å². The average Bonchev–Trinajstić information content (AvgIpc) is 2.74. The number of benzene rings is 1. The van der Waals surface area contributed by atoms with Crippen LogP contribution < -0.4 is 0 Å². The van der Waals surface area contributed by atoms with Gasteiger partial charge in [-0.25, -0.2) is 12.8 Å². The molecular formula is C12H15ClFNO3S. The molecule has 1 saturated heterocycles. The summed E-state index contributed by atoms with van der Waals surface area (Å²) in [5.41, 5.74) is 0. The van der Waals surface area contributed by atoms with Crippen molar-refractivity contribution in [3.05, 3.63) is 29.0 Å². The van der Waals surface area contributed by atoms with E-state index < -0.39 is 21.9 Å². The van der Waals surface area contributed by atoms with Gasteiger partial charge in [0, 0.05) is 6.54 Å². The lowest BCUT2D eigenvalue weighted by Gasteiger charge is -2.24. The highest BCUT2D eigenvalue weighted by Crippen LogP contribution is 2.31. The molecule has 1 aromatic rings. The van der Waals surface area contributed by atoms with Crippen molar-refractivity contribution in [2.45, 2.75) is 24.3 Å². The van der Waals surface area contributed by atoms with Crippen molar-refractivity contribution < 1.29 is 17.9 Å². The zero-order chi connectivity index (χ0) is 14.2. The Hall–Kier alpha value is -0.690. The minimum absolute atomic E-state index is 0.0496. The van der Waals surface area contributed by atoms with E-state index in [2.05, 4.69) is 0 Å². The highest BCUT2D eigenvalue weighted by Gasteiger charge is 2.39. The van der Waals surface area contributed by atoms with E-state index in [1.54, 1.807) is 0 Å². The summed E-state index contributed by atoms with van der Waals surface area (Å²) in [5, 5.41) is 9.10. The molecule has 0 spiro atoms. The molecule has 0 aliphatic carbocycles. The Labute approximate surface area is 116 Å². The first-order valence-corrected chi connectivity index (χ1v) is 7.77. The van der Waals surface area contributed by atoms with Gasteiger partial charge in [0.2, 0.25) is 10.0 Å². The maximum absolute atomic E-state index is 13.1. The van der Waals surface area contributed by atoms with Gasteiger partial charge in [0.05, 0.1) is 22.6 Å². The third-order valence-electron chi connectivity index (χ3n) is 3.52. The standard InChI is InChI=1S/C12H15ClFNO3S/c1-8-4-5-15(12(8)7-16)19(17,18)9-2-3-11(14)10(13)6-9/h2-3,6,8,12,16H,4-5,7H2,1H3. The quantitative estimate of drug-likeness (QED) is 0.927. The largest absolute Gasteiger partial charge is 0.395 e. The van der Waals surface area contributed by atoms with E-state index in [-0.39, 0.29) is 22.4 Å². The van der Waals surface area contributed by atoms with Crippen LogP contribution in [-0.4, -0.2) is 37.0 Å². The highest BCUT2D eigenvalue weighted by molar-refractivity contribution is 7.89. The molecular weight excluding hydrogens is 293 g/mol. The second kappa shape index (κ2) is 5.36. The van der Waals surface area contributed by atoms with E-state index >= 15 is 0 Å². The molecule has 2 unspecified atom stereocenters. The van der Waals surface area contributed by atoms with Gasteiger partial charge in [0.1, 0.15) is 5.82 Å². The number of nitrogens with zero attached hydrogens (tertiary/aromatic N) is 1. The molecule has 1 N–H and O–H groups in total. The van der Waals surface area contributed by atoms with Gasteiger partial charge < -0.3 is 5.11 Å². The normalized spacial score (nSPS) is 24.8. The number of aliphatic hydroxyl groups excluding tert-OH is 1. The first-order chi connectivity index (χ1) is 8.87. The molecule has 1 fully saturated rings. The number of aliphatic hydroxyl groups is 1. The van der Waals surface area contributed by atoms with E-state index in [9.17, 15) is 17.9 Å². The van der Waals surface area contributed by atoms with Gasteiger partial charge in [0.25, 0.3) is 0 Å². The number of rotatable bonds is 3. The summed E-state index contributed by atoms with van der Waals surface area (Å²) in [5.74, 6) is -0.565. The van der Waals surface area contributed by atoms with E-state index in [1.165, 1.54) is 10.4 Å². The van der Waals surface area contributed by atoms with Crippen LogP contribution in [0.5, 0.6) is 0 Å². The van der Waals surface area contributed by atoms with Crippen LogP contribution in [0.25, 0.3) is 0 Å². The van der Waals surface area contributed by atoms with Gasteiger partial charge in [-0.15, -0.1) is 0 Å². The monoisotopic (exact) mass is 307 g/mol. The molecule has 4 nitrogen and oxygen atoms in total. The summed E-state index contributed by atoms with van der Waals surface area (Å²) in [6.07, 6.45) is 0.694. The maximum atomic E-state index is 13.1. The zero-order valence-electron chi connectivity index (χ0n) is 10.4. The fourth-order valence-corrected chi connectivity index (χ4v) is 4.31.